The van der Waals surface area contributed by atoms with Crippen molar-refractivity contribution in [3.8, 4) is 0 Å². The SMILES string of the molecule is O=CO[CH]Cc1ccc(Cl)cc1. The number of carbonyl (C=O) groups is 1. The Bertz CT molecular complexity index is 243. The van der Waals surface area contributed by atoms with Crippen molar-refractivity contribution in [2.24, 2.45) is 0 Å². The van der Waals surface area contributed by atoms with E-state index in [1.807, 2.05) is 12.1 Å². The molecule has 1 aromatic carbocycles. The summed E-state index contributed by atoms with van der Waals surface area (Å²) in [4.78, 5) is 9.77. The Morgan fingerprint density at radius 2 is 2.00 bits per heavy atom. The van der Waals surface area contributed by atoms with Crippen molar-refractivity contribution in [1.29, 1.82) is 0 Å². The fourth-order valence-electron chi connectivity index (χ4n) is 0.804. The van der Waals surface area contributed by atoms with E-state index in [4.69, 9.17) is 11.6 Å². The average Bonchev–Trinajstić information content (AvgIpc) is 2.09. The van der Waals surface area contributed by atoms with E-state index >= 15 is 0 Å². The highest BCUT2D eigenvalue weighted by Gasteiger charge is 1.93. The highest BCUT2D eigenvalue weighted by atomic mass is 35.5. The third kappa shape index (κ3) is 2.93. The molecule has 1 radical (unpaired) electrons. The minimum absolute atomic E-state index is 0.399. The predicted octanol–water partition coefficient (Wildman–Crippen LogP) is 2.22. The molecule has 0 spiro atoms. The molecule has 0 saturated heterocycles. The van der Waals surface area contributed by atoms with Crippen LogP contribution in [0.2, 0.25) is 5.02 Å². The maximum absolute atomic E-state index is 9.77. The van der Waals surface area contributed by atoms with Crippen LogP contribution in [-0.2, 0) is 16.0 Å². The van der Waals surface area contributed by atoms with E-state index in [-0.39, 0.29) is 0 Å². The molecule has 2 nitrogen and oxygen atoms in total. The van der Waals surface area contributed by atoms with Crippen LogP contribution in [0.5, 0.6) is 0 Å². The summed E-state index contributed by atoms with van der Waals surface area (Å²) < 4.78 is 4.43. The van der Waals surface area contributed by atoms with Crippen LogP contribution >= 0.6 is 11.6 Å². The summed E-state index contributed by atoms with van der Waals surface area (Å²) in [5.74, 6) is 0. The monoisotopic (exact) mass is 183 g/mol. The third-order valence-corrected chi connectivity index (χ3v) is 1.64. The maximum atomic E-state index is 9.77. The average molecular weight is 184 g/mol. The van der Waals surface area contributed by atoms with E-state index in [2.05, 4.69) is 4.74 Å². The highest BCUT2D eigenvalue weighted by Crippen LogP contribution is 2.10. The number of hydrogen-bond acceptors (Lipinski definition) is 2. The van der Waals surface area contributed by atoms with Crippen LogP contribution in [0.1, 0.15) is 5.56 Å². The van der Waals surface area contributed by atoms with Crippen LogP contribution in [0.4, 0.5) is 0 Å². The van der Waals surface area contributed by atoms with E-state index in [0.717, 1.165) is 5.56 Å². The van der Waals surface area contributed by atoms with Crippen LogP contribution in [0.25, 0.3) is 0 Å². The molecule has 1 aromatic rings. The Morgan fingerprint density at radius 1 is 1.33 bits per heavy atom. The smallest absolute Gasteiger partial charge is 0.293 e. The lowest BCUT2D eigenvalue weighted by Gasteiger charge is -1.98. The van der Waals surface area contributed by atoms with Crippen molar-refractivity contribution < 1.29 is 9.53 Å². The van der Waals surface area contributed by atoms with Gasteiger partial charge in [-0.1, -0.05) is 23.7 Å². The number of ether oxygens (including phenoxy) is 1. The second kappa shape index (κ2) is 4.78. The maximum Gasteiger partial charge on any atom is 0.293 e. The summed E-state index contributed by atoms with van der Waals surface area (Å²) >= 11 is 5.68. The van der Waals surface area contributed by atoms with E-state index < -0.39 is 0 Å². The molecule has 0 unspecified atom stereocenters. The molecule has 1 rings (SSSR count). The Labute approximate surface area is 76.1 Å². The van der Waals surface area contributed by atoms with E-state index in [0.29, 0.717) is 17.9 Å². The first-order valence-electron chi connectivity index (χ1n) is 3.48. The molecule has 0 aliphatic heterocycles. The molecule has 0 heterocycles. The van der Waals surface area contributed by atoms with E-state index in [1.54, 1.807) is 12.1 Å². The van der Waals surface area contributed by atoms with Gasteiger partial charge in [-0.25, -0.2) is 0 Å². The van der Waals surface area contributed by atoms with Gasteiger partial charge in [0.05, 0.1) is 0 Å². The second-order valence-corrected chi connectivity index (χ2v) is 2.67. The largest absolute Gasteiger partial charge is 0.460 e. The molecule has 0 aromatic heterocycles. The van der Waals surface area contributed by atoms with Crippen LogP contribution < -0.4 is 0 Å². The van der Waals surface area contributed by atoms with Crippen molar-refractivity contribution in [1.82, 2.24) is 0 Å². The quantitative estimate of drug-likeness (QED) is 0.529. The zero-order valence-electron chi connectivity index (χ0n) is 6.37. The lowest BCUT2D eigenvalue weighted by Crippen LogP contribution is -1.89. The van der Waals surface area contributed by atoms with Crippen molar-refractivity contribution in [2.45, 2.75) is 6.42 Å². The molecule has 0 N–H and O–H groups in total. The Morgan fingerprint density at radius 3 is 2.58 bits per heavy atom. The fraction of sp³-hybridized carbons (Fsp3) is 0.111. The van der Waals surface area contributed by atoms with Gasteiger partial charge in [0.2, 0.25) is 0 Å². The molecular formula is C9H8ClO2. The normalized spacial score (nSPS) is 9.42. The molecule has 0 atom stereocenters. The molecule has 0 fully saturated rings. The number of halogens is 1. The lowest BCUT2D eigenvalue weighted by molar-refractivity contribution is -0.125. The highest BCUT2D eigenvalue weighted by molar-refractivity contribution is 6.30. The number of hydrogen-bond donors (Lipinski definition) is 0. The van der Waals surface area contributed by atoms with Gasteiger partial charge in [-0.3, -0.25) is 4.79 Å². The first-order chi connectivity index (χ1) is 5.83. The summed E-state index contributed by atoms with van der Waals surface area (Å²) in [5.41, 5.74) is 1.06. The number of carbonyl (C=O) groups excluding carboxylic acids is 1. The molecule has 0 saturated carbocycles. The Balaban J connectivity index is 2.42. The van der Waals surface area contributed by atoms with Crippen molar-refractivity contribution >= 4 is 18.1 Å². The topological polar surface area (TPSA) is 26.3 Å². The van der Waals surface area contributed by atoms with Crippen LogP contribution in [0, 0.1) is 6.61 Å². The molecular weight excluding hydrogens is 176 g/mol. The Kier molecular flexibility index (Phi) is 3.61. The Hall–Kier alpha value is -1.02. The summed E-state index contributed by atoms with van der Waals surface area (Å²) in [6.07, 6.45) is 0.607. The van der Waals surface area contributed by atoms with Gasteiger partial charge in [-0.05, 0) is 17.7 Å². The van der Waals surface area contributed by atoms with Crippen LogP contribution in [0.15, 0.2) is 24.3 Å². The first kappa shape index (κ1) is 9.07. The molecule has 63 valence electrons. The van der Waals surface area contributed by atoms with Crippen LogP contribution in [-0.4, -0.2) is 6.47 Å². The van der Waals surface area contributed by atoms with Gasteiger partial charge in [0.25, 0.3) is 6.47 Å². The molecule has 0 amide bonds. The van der Waals surface area contributed by atoms with Gasteiger partial charge in [-0.15, -0.1) is 0 Å². The zero-order valence-corrected chi connectivity index (χ0v) is 7.12. The molecule has 12 heavy (non-hydrogen) atoms. The van der Waals surface area contributed by atoms with Gasteiger partial charge in [0.15, 0.2) is 0 Å². The predicted molar refractivity (Wildman–Crippen MR) is 46.6 cm³/mol. The standard InChI is InChI=1S/C9H8ClO2/c10-9-3-1-8(2-4-9)5-6-12-7-11/h1-4,6-7H,5H2. The summed E-state index contributed by atoms with van der Waals surface area (Å²) in [6.45, 7) is 1.84. The van der Waals surface area contributed by atoms with E-state index in [1.165, 1.54) is 6.61 Å². The first-order valence-corrected chi connectivity index (χ1v) is 3.86. The summed E-state index contributed by atoms with van der Waals surface area (Å²) in [6, 6.07) is 7.36. The minimum atomic E-state index is 0.399. The van der Waals surface area contributed by atoms with Gasteiger partial charge in [-0.2, -0.15) is 0 Å². The van der Waals surface area contributed by atoms with Gasteiger partial charge < -0.3 is 4.74 Å². The molecule has 0 aliphatic rings. The van der Waals surface area contributed by atoms with Gasteiger partial charge in [0.1, 0.15) is 6.61 Å². The number of benzene rings is 1. The van der Waals surface area contributed by atoms with Crippen molar-refractivity contribution in [3.63, 3.8) is 0 Å². The molecule has 0 bridgehead atoms. The van der Waals surface area contributed by atoms with Gasteiger partial charge in [0, 0.05) is 11.4 Å². The summed E-state index contributed by atoms with van der Waals surface area (Å²) in [7, 11) is 0. The second-order valence-electron chi connectivity index (χ2n) is 2.23. The van der Waals surface area contributed by atoms with Crippen molar-refractivity contribution in [2.75, 3.05) is 0 Å². The fourth-order valence-corrected chi connectivity index (χ4v) is 0.930. The molecule has 0 aliphatic carbocycles. The number of rotatable bonds is 4. The van der Waals surface area contributed by atoms with Crippen molar-refractivity contribution in [3.05, 3.63) is 41.5 Å². The summed E-state index contributed by atoms with van der Waals surface area (Å²) in [5, 5.41) is 0.704. The molecule has 3 heteroatoms. The van der Waals surface area contributed by atoms with Gasteiger partial charge >= 0.3 is 0 Å². The third-order valence-electron chi connectivity index (χ3n) is 1.38. The zero-order chi connectivity index (χ0) is 8.81. The lowest BCUT2D eigenvalue weighted by atomic mass is 10.2. The van der Waals surface area contributed by atoms with Crippen LogP contribution in [0.3, 0.4) is 0 Å². The van der Waals surface area contributed by atoms with E-state index in [9.17, 15) is 4.79 Å². The minimum Gasteiger partial charge on any atom is -0.460 e.